The van der Waals surface area contributed by atoms with E-state index in [-0.39, 0.29) is 30.8 Å². The van der Waals surface area contributed by atoms with Crippen LogP contribution in [0.3, 0.4) is 0 Å². The SMILES string of the molecule is CC(C)[C@H]([NH3+])C(=O)OC[C@@H]1O[C@H](n2cnc(C(N)=O)n2)[C@@H](O)[C@H]1O.[Cl-]. The van der Waals surface area contributed by atoms with Gasteiger partial charge in [-0.1, -0.05) is 13.8 Å². The second-order valence-electron chi connectivity index (χ2n) is 5.94. The normalized spacial score (nSPS) is 27.0. The van der Waals surface area contributed by atoms with E-state index in [0.29, 0.717) is 0 Å². The maximum atomic E-state index is 11.8. The van der Waals surface area contributed by atoms with Crippen molar-refractivity contribution in [1.29, 1.82) is 0 Å². The first-order valence-electron chi connectivity index (χ1n) is 7.44. The van der Waals surface area contributed by atoms with Crippen LogP contribution in [0.25, 0.3) is 0 Å². The van der Waals surface area contributed by atoms with Crippen molar-refractivity contribution in [3.8, 4) is 0 Å². The highest BCUT2D eigenvalue weighted by Crippen LogP contribution is 2.29. The Morgan fingerprint density at radius 2 is 2.08 bits per heavy atom. The average molecular weight is 380 g/mol. The molecule has 0 aliphatic carbocycles. The zero-order valence-corrected chi connectivity index (χ0v) is 14.5. The Hall–Kier alpha value is -1.79. The van der Waals surface area contributed by atoms with Crippen LogP contribution in [0.4, 0.5) is 0 Å². The summed E-state index contributed by atoms with van der Waals surface area (Å²) in [5.41, 5.74) is 8.76. The van der Waals surface area contributed by atoms with Crippen molar-refractivity contribution in [1.82, 2.24) is 14.8 Å². The third-order valence-corrected chi connectivity index (χ3v) is 3.82. The predicted octanol–water partition coefficient (Wildman–Crippen LogP) is -6.19. The highest BCUT2D eigenvalue weighted by Gasteiger charge is 2.45. The van der Waals surface area contributed by atoms with Gasteiger partial charge in [0.15, 0.2) is 12.3 Å². The monoisotopic (exact) mass is 379 g/mol. The summed E-state index contributed by atoms with van der Waals surface area (Å²) in [6.07, 6.45) is -3.51. The number of amides is 1. The highest BCUT2D eigenvalue weighted by atomic mass is 35.5. The number of esters is 1. The number of halogens is 1. The number of aliphatic hydroxyl groups is 2. The van der Waals surface area contributed by atoms with E-state index in [2.05, 4.69) is 15.8 Å². The van der Waals surface area contributed by atoms with Gasteiger partial charge in [-0.3, -0.25) is 4.79 Å². The summed E-state index contributed by atoms with van der Waals surface area (Å²) in [7, 11) is 0. The molecule has 7 N–H and O–H groups in total. The molecule has 0 radical (unpaired) electrons. The van der Waals surface area contributed by atoms with Crippen molar-refractivity contribution in [2.45, 2.75) is 44.4 Å². The number of carbonyl (C=O) groups excluding carboxylic acids is 2. The summed E-state index contributed by atoms with van der Waals surface area (Å²) in [6.45, 7) is 3.42. The van der Waals surface area contributed by atoms with Gasteiger partial charge >= 0.3 is 5.97 Å². The molecule has 1 aromatic heterocycles. The van der Waals surface area contributed by atoms with Crippen LogP contribution >= 0.6 is 0 Å². The smallest absolute Gasteiger partial charge is 0.365 e. The topological polar surface area (TPSA) is 177 Å². The van der Waals surface area contributed by atoms with Crippen LogP contribution in [0.5, 0.6) is 0 Å². The van der Waals surface area contributed by atoms with Gasteiger partial charge in [0, 0.05) is 5.92 Å². The number of hydrogen-bond donors (Lipinski definition) is 4. The molecule has 25 heavy (non-hydrogen) atoms. The fraction of sp³-hybridized carbons (Fsp3) is 0.692. The van der Waals surface area contributed by atoms with E-state index in [4.69, 9.17) is 15.2 Å². The summed E-state index contributed by atoms with van der Waals surface area (Å²) in [5.74, 6) is -1.59. The number of nitrogens with zero attached hydrogens (tertiary/aromatic N) is 3. The second-order valence-corrected chi connectivity index (χ2v) is 5.94. The Morgan fingerprint density at radius 3 is 2.60 bits per heavy atom. The Morgan fingerprint density at radius 1 is 1.44 bits per heavy atom. The number of aliphatic hydroxyl groups excluding tert-OH is 2. The van der Waals surface area contributed by atoms with Crippen molar-refractivity contribution < 1.29 is 47.4 Å². The van der Waals surface area contributed by atoms with Crippen LogP contribution in [0.1, 0.15) is 30.7 Å². The Bertz CT molecular complexity index is 611. The largest absolute Gasteiger partial charge is 1.00 e. The van der Waals surface area contributed by atoms with Crippen LogP contribution in [-0.4, -0.2) is 67.8 Å². The molecule has 1 aliphatic rings. The molecule has 0 aromatic carbocycles. The van der Waals surface area contributed by atoms with E-state index < -0.39 is 42.5 Å². The van der Waals surface area contributed by atoms with Gasteiger partial charge < -0.3 is 43.6 Å². The summed E-state index contributed by atoms with van der Waals surface area (Å²) < 4.78 is 11.6. The number of rotatable bonds is 6. The van der Waals surface area contributed by atoms with Crippen molar-refractivity contribution in [2.24, 2.45) is 11.7 Å². The van der Waals surface area contributed by atoms with Gasteiger partial charge in [0.05, 0.1) is 0 Å². The molecular weight excluding hydrogens is 358 g/mol. The minimum atomic E-state index is -1.34. The van der Waals surface area contributed by atoms with Crippen LogP contribution in [0, 0.1) is 5.92 Å². The molecule has 0 spiro atoms. The Labute approximate surface area is 149 Å². The van der Waals surface area contributed by atoms with Crippen LogP contribution in [-0.2, 0) is 14.3 Å². The molecule has 1 amide bonds. The maximum Gasteiger partial charge on any atom is 0.365 e. The number of carbonyl (C=O) groups is 2. The van der Waals surface area contributed by atoms with Crippen molar-refractivity contribution in [2.75, 3.05) is 6.61 Å². The zero-order chi connectivity index (χ0) is 18.0. The van der Waals surface area contributed by atoms with Crippen LogP contribution < -0.4 is 23.9 Å². The Balaban J connectivity index is 0.00000312. The minimum Gasteiger partial charge on any atom is -1.00 e. The molecule has 142 valence electrons. The van der Waals surface area contributed by atoms with Gasteiger partial charge in [-0.2, -0.15) is 0 Å². The third kappa shape index (κ3) is 4.64. The lowest BCUT2D eigenvalue weighted by molar-refractivity contribution is -0.418. The van der Waals surface area contributed by atoms with Crippen molar-refractivity contribution in [3.05, 3.63) is 12.2 Å². The first-order valence-corrected chi connectivity index (χ1v) is 7.44. The molecule has 5 atom stereocenters. The summed E-state index contributed by atoms with van der Waals surface area (Å²) in [6, 6.07) is -0.544. The lowest BCUT2D eigenvalue weighted by atomic mass is 10.1. The predicted molar refractivity (Wildman–Crippen MR) is 76.9 cm³/mol. The number of aromatic nitrogens is 3. The fourth-order valence-electron chi connectivity index (χ4n) is 2.14. The first kappa shape index (κ1) is 21.3. The number of hydrogen-bond acceptors (Lipinski definition) is 8. The van der Waals surface area contributed by atoms with E-state index >= 15 is 0 Å². The molecule has 2 rings (SSSR count). The van der Waals surface area contributed by atoms with Crippen LogP contribution in [0.2, 0.25) is 0 Å². The first-order chi connectivity index (χ1) is 11.2. The minimum absolute atomic E-state index is 0. The summed E-state index contributed by atoms with van der Waals surface area (Å²) in [4.78, 5) is 26.5. The van der Waals surface area contributed by atoms with E-state index in [1.165, 1.54) is 0 Å². The molecule has 1 aliphatic heterocycles. The van der Waals surface area contributed by atoms with Gasteiger partial charge in [-0.15, -0.1) is 5.10 Å². The average Bonchev–Trinajstić information content (AvgIpc) is 3.11. The van der Waals surface area contributed by atoms with E-state index in [0.717, 1.165) is 11.0 Å². The number of quaternary nitrogens is 1. The molecule has 0 saturated carbocycles. The van der Waals surface area contributed by atoms with Crippen molar-refractivity contribution in [3.63, 3.8) is 0 Å². The van der Waals surface area contributed by atoms with Gasteiger partial charge in [-0.25, -0.2) is 14.5 Å². The number of ether oxygens (including phenoxy) is 2. The molecule has 11 nitrogen and oxygen atoms in total. The van der Waals surface area contributed by atoms with E-state index in [9.17, 15) is 19.8 Å². The standard InChI is InChI=1S/C13H21N5O6.ClH/c1-5(2)7(14)13(22)23-3-6-8(19)9(20)12(24-6)18-4-16-11(17-18)10(15)21;/h4-9,12,19-20H,3,14H2,1-2H3,(H2,15,21);1H/t6-,7-,8-,9-,12-;/m0./s1. The lowest BCUT2D eigenvalue weighted by Gasteiger charge is -2.16. The molecule has 0 bridgehead atoms. The Kier molecular flexibility index (Phi) is 7.26. The number of primary amides is 1. The fourth-order valence-corrected chi connectivity index (χ4v) is 2.14. The zero-order valence-electron chi connectivity index (χ0n) is 13.8. The lowest BCUT2D eigenvalue weighted by Crippen LogP contribution is -3.00. The van der Waals surface area contributed by atoms with Gasteiger partial charge in [0.2, 0.25) is 5.82 Å². The second kappa shape index (κ2) is 8.54. The van der Waals surface area contributed by atoms with E-state index in [1.807, 2.05) is 13.8 Å². The molecule has 1 aromatic rings. The molecule has 2 heterocycles. The highest BCUT2D eigenvalue weighted by molar-refractivity contribution is 5.88. The maximum absolute atomic E-state index is 11.8. The van der Waals surface area contributed by atoms with E-state index in [1.54, 1.807) is 0 Å². The molecule has 0 unspecified atom stereocenters. The molecule has 1 fully saturated rings. The molecule has 12 heteroatoms. The van der Waals surface area contributed by atoms with Gasteiger partial charge in [-0.05, 0) is 0 Å². The van der Waals surface area contributed by atoms with Gasteiger partial charge in [0.1, 0.15) is 31.2 Å². The number of nitrogens with two attached hydrogens (primary N) is 1. The third-order valence-electron chi connectivity index (χ3n) is 3.82. The van der Waals surface area contributed by atoms with Crippen LogP contribution in [0.15, 0.2) is 6.33 Å². The molecular formula is C13H22ClN5O6. The van der Waals surface area contributed by atoms with Gasteiger partial charge in [0.25, 0.3) is 5.91 Å². The molecule has 1 saturated heterocycles. The summed E-state index contributed by atoms with van der Waals surface area (Å²) >= 11 is 0. The quantitative estimate of drug-likeness (QED) is 0.352. The summed E-state index contributed by atoms with van der Waals surface area (Å²) in [5, 5.41) is 23.9. The van der Waals surface area contributed by atoms with Crippen molar-refractivity contribution >= 4 is 11.9 Å².